The fourth-order valence-electron chi connectivity index (χ4n) is 1.49. The van der Waals surface area contributed by atoms with Gasteiger partial charge >= 0.3 is 6.18 Å². The summed E-state index contributed by atoms with van der Waals surface area (Å²) in [5.74, 6) is 0.166. The Morgan fingerprint density at radius 3 is 2.53 bits per heavy atom. The van der Waals surface area contributed by atoms with E-state index in [9.17, 15) is 13.2 Å². The summed E-state index contributed by atoms with van der Waals surface area (Å²) in [5.41, 5.74) is 5.04. The number of nitrogens with zero attached hydrogens (tertiary/aromatic N) is 2. The van der Waals surface area contributed by atoms with Crippen LogP contribution in [0, 0.1) is 0 Å². The standard InChI is InChI=1S/C11H8F3N3/c12-11(13,14)9-2-3-16-6-8(9)7-1-4-17-10(15)5-7/h1-6H,(H2,15,17). The van der Waals surface area contributed by atoms with E-state index >= 15 is 0 Å². The zero-order chi connectivity index (χ0) is 12.5. The van der Waals surface area contributed by atoms with Gasteiger partial charge in [-0.25, -0.2) is 4.98 Å². The summed E-state index contributed by atoms with van der Waals surface area (Å²) in [7, 11) is 0. The molecule has 0 amide bonds. The lowest BCUT2D eigenvalue weighted by Crippen LogP contribution is -2.07. The molecule has 2 heterocycles. The molecule has 6 heteroatoms. The van der Waals surface area contributed by atoms with Gasteiger partial charge in [-0.05, 0) is 23.8 Å². The van der Waals surface area contributed by atoms with Crippen LogP contribution in [0.3, 0.4) is 0 Å². The lowest BCUT2D eigenvalue weighted by Gasteiger charge is -2.12. The predicted octanol–water partition coefficient (Wildman–Crippen LogP) is 2.74. The molecule has 2 N–H and O–H groups in total. The highest BCUT2D eigenvalue weighted by Crippen LogP contribution is 2.36. The van der Waals surface area contributed by atoms with Gasteiger partial charge in [0.05, 0.1) is 5.56 Å². The van der Waals surface area contributed by atoms with E-state index in [1.54, 1.807) is 0 Å². The Bertz CT molecular complexity index is 537. The zero-order valence-electron chi connectivity index (χ0n) is 8.57. The summed E-state index contributed by atoms with van der Waals surface area (Å²) in [6.45, 7) is 0. The van der Waals surface area contributed by atoms with Crippen LogP contribution in [-0.4, -0.2) is 9.97 Å². The number of pyridine rings is 2. The second kappa shape index (κ2) is 4.04. The van der Waals surface area contributed by atoms with E-state index in [0.29, 0.717) is 5.56 Å². The van der Waals surface area contributed by atoms with Crippen molar-refractivity contribution in [3.8, 4) is 11.1 Å². The van der Waals surface area contributed by atoms with Crippen LogP contribution >= 0.6 is 0 Å². The Morgan fingerprint density at radius 2 is 1.88 bits per heavy atom. The SMILES string of the molecule is Nc1cc(-c2cnccc2C(F)(F)F)ccn1. The van der Waals surface area contributed by atoms with Crippen LogP contribution in [0.4, 0.5) is 19.0 Å². The molecule has 3 nitrogen and oxygen atoms in total. The third-order valence-electron chi connectivity index (χ3n) is 2.22. The number of hydrogen-bond donors (Lipinski definition) is 1. The molecule has 0 aliphatic carbocycles. The van der Waals surface area contributed by atoms with E-state index in [1.165, 1.54) is 18.3 Å². The minimum Gasteiger partial charge on any atom is -0.384 e. The van der Waals surface area contributed by atoms with Crippen molar-refractivity contribution in [1.29, 1.82) is 0 Å². The third-order valence-corrected chi connectivity index (χ3v) is 2.22. The van der Waals surface area contributed by atoms with Crippen molar-refractivity contribution in [2.75, 3.05) is 5.73 Å². The number of hydrogen-bond acceptors (Lipinski definition) is 3. The molecule has 0 spiro atoms. The Balaban J connectivity index is 2.60. The first-order valence-electron chi connectivity index (χ1n) is 4.71. The number of alkyl halides is 3. The molecule has 17 heavy (non-hydrogen) atoms. The molecular weight excluding hydrogens is 231 g/mol. The maximum atomic E-state index is 12.8. The quantitative estimate of drug-likeness (QED) is 0.832. The van der Waals surface area contributed by atoms with Gasteiger partial charge in [0.15, 0.2) is 0 Å². The first-order valence-corrected chi connectivity index (χ1v) is 4.71. The average molecular weight is 239 g/mol. The van der Waals surface area contributed by atoms with Crippen LogP contribution in [0.25, 0.3) is 11.1 Å². The Hall–Kier alpha value is -2.11. The van der Waals surface area contributed by atoms with Gasteiger partial charge in [-0.15, -0.1) is 0 Å². The lowest BCUT2D eigenvalue weighted by atomic mass is 10.0. The summed E-state index contributed by atoms with van der Waals surface area (Å²) < 4.78 is 38.3. The molecule has 0 unspecified atom stereocenters. The molecule has 2 aromatic heterocycles. The highest BCUT2D eigenvalue weighted by molar-refractivity contribution is 5.68. The Labute approximate surface area is 95.1 Å². The van der Waals surface area contributed by atoms with E-state index in [1.807, 2.05) is 0 Å². The van der Waals surface area contributed by atoms with Gasteiger partial charge in [-0.1, -0.05) is 0 Å². The first-order chi connectivity index (χ1) is 7.98. The summed E-state index contributed by atoms with van der Waals surface area (Å²) in [6, 6.07) is 3.78. The lowest BCUT2D eigenvalue weighted by molar-refractivity contribution is -0.137. The van der Waals surface area contributed by atoms with E-state index in [4.69, 9.17) is 5.73 Å². The summed E-state index contributed by atoms with van der Waals surface area (Å²) in [4.78, 5) is 7.44. The molecule has 0 aliphatic heterocycles. The van der Waals surface area contributed by atoms with Gasteiger partial charge in [0.2, 0.25) is 0 Å². The normalized spacial score (nSPS) is 11.5. The first kappa shape index (κ1) is 11.4. The molecule has 2 rings (SSSR count). The average Bonchev–Trinajstić information content (AvgIpc) is 2.28. The van der Waals surface area contributed by atoms with E-state index in [2.05, 4.69) is 9.97 Å². The molecular formula is C11H8F3N3. The number of anilines is 1. The van der Waals surface area contributed by atoms with Gasteiger partial charge < -0.3 is 5.73 Å². The third kappa shape index (κ3) is 2.35. The maximum absolute atomic E-state index is 12.8. The van der Waals surface area contributed by atoms with Gasteiger partial charge in [0.25, 0.3) is 0 Å². The molecule has 0 bridgehead atoms. The molecule has 0 saturated carbocycles. The van der Waals surface area contributed by atoms with Gasteiger partial charge in [0, 0.05) is 24.2 Å². The molecule has 0 atom stereocenters. The molecule has 0 aliphatic rings. The molecule has 0 fully saturated rings. The minimum atomic E-state index is -4.42. The summed E-state index contributed by atoms with van der Waals surface area (Å²) >= 11 is 0. The van der Waals surface area contributed by atoms with Gasteiger partial charge in [-0.2, -0.15) is 13.2 Å². The second-order valence-electron chi connectivity index (χ2n) is 3.39. The smallest absolute Gasteiger partial charge is 0.384 e. The van der Waals surface area contributed by atoms with Crippen LogP contribution in [0.15, 0.2) is 36.8 Å². The van der Waals surface area contributed by atoms with Gasteiger partial charge in [0.1, 0.15) is 5.82 Å². The number of nitrogens with two attached hydrogens (primary N) is 1. The molecule has 0 aromatic carbocycles. The number of aromatic nitrogens is 2. The number of rotatable bonds is 1. The molecule has 88 valence electrons. The monoisotopic (exact) mass is 239 g/mol. The Morgan fingerprint density at radius 1 is 1.12 bits per heavy atom. The molecule has 2 aromatic rings. The molecule has 0 saturated heterocycles. The highest BCUT2D eigenvalue weighted by atomic mass is 19.4. The van der Waals surface area contributed by atoms with Gasteiger partial charge in [-0.3, -0.25) is 4.98 Å². The molecule has 0 radical (unpaired) electrons. The van der Waals surface area contributed by atoms with Crippen molar-refractivity contribution in [1.82, 2.24) is 9.97 Å². The van der Waals surface area contributed by atoms with Crippen molar-refractivity contribution < 1.29 is 13.2 Å². The van der Waals surface area contributed by atoms with Crippen molar-refractivity contribution in [2.45, 2.75) is 6.18 Å². The predicted molar refractivity (Wildman–Crippen MR) is 56.9 cm³/mol. The van der Waals surface area contributed by atoms with Crippen molar-refractivity contribution in [3.63, 3.8) is 0 Å². The Kier molecular flexibility index (Phi) is 2.71. The highest BCUT2D eigenvalue weighted by Gasteiger charge is 2.33. The number of halogens is 3. The summed E-state index contributed by atoms with van der Waals surface area (Å²) in [5, 5.41) is 0. The van der Waals surface area contributed by atoms with Crippen LogP contribution in [0.2, 0.25) is 0 Å². The van der Waals surface area contributed by atoms with Crippen LogP contribution in [-0.2, 0) is 6.18 Å². The number of nitrogen functional groups attached to an aromatic ring is 1. The van der Waals surface area contributed by atoms with Crippen molar-refractivity contribution >= 4 is 5.82 Å². The van der Waals surface area contributed by atoms with Crippen LogP contribution in [0.5, 0.6) is 0 Å². The largest absolute Gasteiger partial charge is 0.417 e. The van der Waals surface area contributed by atoms with Crippen LogP contribution in [0.1, 0.15) is 5.56 Å². The topological polar surface area (TPSA) is 51.8 Å². The maximum Gasteiger partial charge on any atom is 0.417 e. The fourth-order valence-corrected chi connectivity index (χ4v) is 1.49. The van der Waals surface area contributed by atoms with Crippen molar-refractivity contribution in [2.24, 2.45) is 0 Å². The minimum absolute atomic E-state index is 0.00546. The second-order valence-corrected chi connectivity index (χ2v) is 3.39. The van der Waals surface area contributed by atoms with E-state index in [-0.39, 0.29) is 11.4 Å². The summed E-state index contributed by atoms with van der Waals surface area (Å²) in [6.07, 6.45) is -0.789. The van der Waals surface area contributed by atoms with Crippen molar-refractivity contribution in [3.05, 3.63) is 42.4 Å². The van der Waals surface area contributed by atoms with E-state index < -0.39 is 11.7 Å². The van der Waals surface area contributed by atoms with Crippen LogP contribution < -0.4 is 5.73 Å². The zero-order valence-corrected chi connectivity index (χ0v) is 8.57. The fraction of sp³-hybridized carbons (Fsp3) is 0.0909. The van der Waals surface area contributed by atoms with E-state index in [0.717, 1.165) is 18.5 Å².